The summed E-state index contributed by atoms with van der Waals surface area (Å²) < 4.78 is 27.6. The summed E-state index contributed by atoms with van der Waals surface area (Å²) in [7, 11) is 1.32. The molecule has 6 N–H and O–H groups in total. The van der Waals surface area contributed by atoms with Gasteiger partial charge in [-0.05, 0) is 32.4 Å². The third-order valence-corrected chi connectivity index (χ3v) is 9.88. The third kappa shape index (κ3) is 8.07. The Balaban J connectivity index is 1.37. The fourth-order valence-electron chi connectivity index (χ4n) is 7.33. The second kappa shape index (κ2) is 16.3. The van der Waals surface area contributed by atoms with Crippen LogP contribution in [-0.4, -0.2) is 112 Å². The number of esters is 2. The first-order chi connectivity index (χ1) is 25.1. The number of carbonyl (C=O) groups excluding carboxylic acids is 5. The summed E-state index contributed by atoms with van der Waals surface area (Å²) in [6, 6.07) is 3.78. The number of Topliss-reactive ketones (excluding diaryl/α,β-unsaturated/α-hetero) is 1. The minimum Gasteiger partial charge on any atom is -0.507 e. The maximum Gasteiger partial charge on any atom is 0.305 e. The Morgan fingerprint density at radius 3 is 2.32 bits per heavy atom. The molecule has 0 saturated carbocycles. The van der Waals surface area contributed by atoms with Crippen molar-refractivity contribution in [1.82, 2.24) is 5.32 Å². The fourth-order valence-corrected chi connectivity index (χ4v) is 7.33. The quantitative estimate of drug-likeness (QED) is 0.0595. The van der Waals surface area contributed by atoms with Crippen LogP contribution in [-0.2, 0) is 39.8 Å². The molecular weight excluding hydrogens is 698 g/mol. The lowest BCUT2D eigenvalue weighted by Gasteiger charge is -2.43. The van der Waals surface area contributed by atoms with E-state index < -0.39 is 114 Å². The highest BCUT2D eigenvalue weighted by molar-refractivity contribution is 6.31. The fraction of sp³-hybridized carbons (Fsp3) is 0.541. The van der Waals surface area contributed by atoms with Crippen molar-refractivity contribution in [1.29, 1.82) is 0 Å². The van der Waals surface area contributed by atoms with E-state index in [1.807, 2.05) is 0 Å². The Labute approximate surface area is 304 Å². The number of carbonyl (C=O) groups is 5. The molecular formula is C37H45NO15. The van der Waals surface area contributed by atoms with Crippen molar-refractivity contribution in [3.63, 3.8) is 0 Å². The van der Waals surface area contributed by atoms with Gasteiger partial charge in [0.2, 0.25) is 12.1 Å². The number of benzene rings is 2. The van der Waals surface area contributed by atoms with Gasteiger partial charge in [-0.25, -0.2) is 0 Å². The van der Waals surface area contributed by atoms with Crippen LogP contribution in [0.1, 0.15) is 108 Å². The van der Waals surface area contributed by atoms with Crippen molar-refractivity contribution in [2.75, 3.05) is 20.3 Å². The highest BCUT2D eigenvalue weighted by Gasteiger charge is 2.50. The zero-order valence-electron chi connectivity index (χ0n) is 29.9. The van der Waals surface area contributed by atoms with E-state index in [4.69, 9.17) is 23.7 Å². The number of nitrogens with one attached hydrogen (secondary N) is 1. The number of aliphatic hydroxyl groups is 3. The molecule has 16 nitrogen and oxygen atoms in total. The van der Waals surface area contributed by atoms with Crippen molar-refractivity contribution >= 4 is 29.3 Å². The summed E-state index contributed by atoms with van der Waals surface area (Å²) in [5.74, 6) is -5.05. The molecule has 1 aliphatic heterocycles. The minimum absolute atomic E-state index is 0.0599. The molecule has 2 aromatic rings. The van der Waals surface area contributed by atoms with Crippen LogP contribution in [0.25, 0.3) is 0 Å². The van der Waals surface area contributed by atoms with E-state index in [9.17, 15) is 49.5 Å². The average Bonchev–Trinajstić information content (AvgIpc) is 3.10. The van der Waals surface area contributed by atoms with Gasteiger partial charge in [0, 0.05) is 62.3 Å². The highest BCUT2D eigenvalue weighted by Crippen LogP contribution is 2.52. The van der Waals surface area contributed by atoms with Crippen molar-refractivity contribution < 1.29 is 73.2 Å². The van der Waals surface area contributed by atoms with Crippen LogP contribution in [0.2, 0.25) is 0 Å². The Morgan fingerprint density at radius 2 is 1.68 bits per heavy atom. The molecule has 1 heterocycles. The van der Waals surface area contributed by atoms with Crippen LogP contribution in [0.3, 0.4) is 0 Å². The largest absolute Gasteiger partial charge is 0.507 e. The molecule has 0 aromatic heterocycles. The van der Waals surface area contributed by atoms with Crippen LogP contribution in [0.15, 0.2) is 18.2 Å². The monoisotopic (exact) mass is 743 g/mol. The summed E-state index contributed by atoms with van der Waals surface area (Å²) in [6.45, 7) is 3.46. The number of methoxy groups -OCH3 is 1. The number of ether oxygens (including phenoxy) is 5. The topological polar surface area (TPSA) is 245 Å². The lowest BCUT2D eigenvalue weighted by atomic mass is 9.72. The number of phenolic OH excluding ortho intramolecular Hbond substituents is 2. The molecule has 2 aromatic carbocycles. The highest BCUT2D eigenvalue weighted by atomic mass is 16.7. The number of phenols is 2. The molecule has 6 atom stereocenters. The van der Waals surface area contributed by atoms with Crippen molar-refractivity contribution in [3.05, 3.63) is 51.6 Å². The molecule has 0 amide bonds. The van der Waals surface area contributed by atoms with Gasteiger partial charge in [0.1, 0.15) is 29.5 Å². The molecule has 3 aliphatic rings. The first-order valence-corrected chi connectivity index (χ1v) is 17.4. The molecule has 0 spiro atoms. The van der Waals surface area contributed by atoms with Gasteiger partial charge in [0.25, 0.3) is 0 Å². The number of aliphatic hydroxyl groups excluding tert-OH is 2. The maximum absolute atomic E-state index is 13.9. The summed E-state index contributed by atoms with van der Waals surface area (Å²) in [4.78, 5) is 63.1. The van der Waals surface area contributed by atoms with Gasteiger partial charge in [-0.1, -0.05) is 18.6 Å². The Hall–Kier alpha value is -4.45. The predicted octanol–water partition coefficient (Wildman–Crippen LogP) is 1.64. The van der Waals surface area contributed by atoms with Crippen LogP contribution in [0, 0.1) is 0 Å². The number of aromatic hydroxyl groups is 2. The van der Waals surface area contributed by atoms with Crippen LogP contribution < -0.4 is 10.1 Å². The molecule has 53 heavy (non-hydrogen) atoms. The second-order valence-electron chi connectivity index (χ2n) is 13.6. The van der Waals surface area contributed by atoms with Crippen LogP contribution in [0.5, 0.6) is 17.2 Å². The molecule has 0 radical (unpaired) electrons. The van der Waals surface area contributed by atoms with Crippen molar-refractivity contribution in [3.8, 4) is 17.2 Å². The van der Waals surface area contributed by atoms with E-state index in [0.29, 0.717) is 32.2 Å². The second-order valence-corrected chi connectivity index (χ2v) is 13.6. The summed E-state index contributed by atoms with van der Waals surface area (Å²) >= 11 is 0. The van der Waals surface area contributed by atoms with Crippen molar-refractivity contribution in [2.24, 2.45) is 0 Å². The first-order valence-electron chi connectivity index (χ1n) is 17.4. The lowest BCUT2D eigenvalue weighted by molar-refractivity contribution is -0.249. The smallest absolute Gasteiger partial charge is 0.305 e. The molecule has 4 unspecified atom stereocenters. The van der Waals surface area contributed by atoms with Gasteiger partial charge in [0.15, 0.2) is 17.9 Å². The average molecular weight is 744 g/mol. The molecule has 0 bridgehead atoms. The molecule has 1 fully saturated rings. The van der Waals surface area contributed by atoms with Gasteiger partial charge in [-0.15, -0.1) is 0 Å². The van der Waals surface area contributed by atoms with E-state index in [1.54, 1.807) is 6.92 Å². The van der Waals surface area contributed by atoms with Crippen LogP contribution in [0.4, 0.5) is 0 Å². The number of ketones is 3. The Morgan fingerprint density at radius 1 is 1.00 bits per heavy atom. The normalized spacial score (nSPS) is 24.9. The zero-order chi connectivity index (χ0) is 38.8. The van der Waals surface area contributed by atoms with E-state index in [1.165, 1.54) is 39.2 Å². The number of hydrogen-bond acceptors (Lipinski definition) is 16. The van der Waals surface area contributed by atoms with Crippen LogP contribution >= 0.6 is 0 Å². The molecule has 288 valence electrons. The van der Waals surface area contributed by atoms with Gasteiger partial charge < -0.3 is 54.5 Å². The Bertz CT molecular complexity index is 1760. The number of fused-ring (bicyclic) bond motifs is 3. The molecule has 1 saturated heterocycles. The third-order valence-electron chi connectivity index (χ3n) is 9.88. The Kier molecular flexibility index (Phi) is 12.2. The maximum atomic E-state index is 13.9. The summed E-state index contributed by atoms with van der Waals surface area (Å²) in [6.07, 6.45) is -4.07. The number of rotatable bonds is 14. The molecule has 16 heteroatoms. The zero-order valence-corrected chi connectivity index (χ0v) is 29.9. The summed E-state index contributed by atoms with van der Waals surface area (Å²) in [5, 5.41) is 58.7. The van der Waals surface area contributed by atoms with E-state index >= 15 is 0 Å². The molecule has 5 rings (SSSR count). The van der Waals surface area contributed by atoms with E-state index in [2.05, 4.69) is 5.32 Å². The van der Waals surface area contributed by atoms with Gasteiger partial charge in [0.05, 0.1) is 42.1 Å². The number of unbranched alkanes of at least 4 members (excludes halogenated alkanes) is 2. The lowest BCUT2D eigenvalue weighted by Crippen LogP contribution is -2.54. The van der Waals surface area contributed by atoms with Gasteiger partial charge in [-0.3, -0.25) is 24.0 Å². The first kappa shape index (κ1) is 39.8. The predicted molar refractivity (Wildman–Crippen MR) is 181 cm³/mol. The van der Waals surface area contributed by atoms with Crippen molar-refractivity contribution in [2.45, 2.75) is 108 Å². The van der Waals surface area contributed by atoms with Gasteiger partial charge >= 0.3 is 11.9 Å². The standard InChI is InChI=1S/C37H45NO15/c1-17-32(43)22(38-12-7-5-6-11-26(51-18(2)40)52-19(3)41)13-27(50-17)53-24-15-37(48,25(42)16-39)14-21-29(24)36(47)31-30(34(21)45)33(44)20-9-8-10-23(49-4)28(20)35(31)46/h8-10,17,22,24,26-27,32,38-39,43,45,47-48H,5-7,11-16H2,1-4H3/t17?,22?,24-,27?,32?,37-/m0/s1. The minimum atomic E-state index is -2.30. The SMILES string of the molecule is COc1cccc2c1C(=O)c1c(O)c3c(c(O)c1C2=O)C[C@@](O)(C(=O)CO)C[C@@H]3OC1CC(NCCCCCC(OC(C)=O)OC(C)=O)C(O)C(C)O1. The number of hydrogen-bond donors (Lipinski definition) is 6. The summed E-state index contributed by atoms with van der Waals surface area (Å²) in [5.41, 5.74) is -3.82. The van der Waals surface area contributed by atoms with E-state index in [0.717, 1.165) is 0 Å². The van der Waals surface area contributed by atoms with E-state index in [-0.39, 0.29) is 34.4 Å². The van der Waals surface area contributed by atoms with Gasteiger partial charge in [-0.2, -0.15) is 0 Å². The molecule has 2 aliphatic carbocycles.